The summed E-state index contributed by atoms with van der Waals surface area (Å²) in [6, 6.07) is 4.54. The number of hydrogen-bond donors (Lipinski definition) is 0. The second kappa shape index (κ2) is 6.19. The van der Waals surface area contributed by atoms with E-state index in [0.29, 0.717) is 21.2 Å². The van der Waals surface area contributed by atoms with Gasteiger partial charge in [0.25, 0.3) is 0 Å². The average Bonchev–Trinajstić information content (AvgIpc) is 2.44. The number of carbonyl (C=O) groups excluding carboxylic acids is 1. The van der Waals surface area contributed by atoms with E-state index in [1.807, 2.05) is 0 Å². The molecule has 0 aliphatic heterocycles. The van der Waals surface area contributed by atoms with Gasteiger partial charge >= 0.3 is 5.97 Å². The molecule has 0 atom stereocenters. The van der Waals surface area contributed by atoms with Crippen LogP contribution in [0.4, 0.5) is 0 Å². The number of aromatic nitrogens is 1. The van der Waals surface area contributed by atoms with Crippen LogP contribution in [-0.2, 0) is 4.74 Å². The zero-order valence-electron chi connectivity index (χ0n) is 10.1. The molecule has 0 saturated carbocycles. The van der Waals surface area contributed by atoms with Crippen molar-refractivity contribution < 1.29 is 9.53 Å². The molecule has 104 valence electrons. The van der Waals surface area contributed by atoms with Gasteiger partial charge in [0.1, 0.15) is 5.15 Å². The van der Waals surface area contributed by atoms with Crippen LogP contribution >= 0.6 is 46.4 Å². The lowest BCUT2D eigenvalue weighted by atomic mass is 10.0. The summed E-state index contributed by atoms with van der Waals surface area (Å²) in [4.78, 5) is 15.8. The van der Waals surface area contributed by atoms with E-state index < -0.39 is 5.97 Å². The molecule has 2 aromatic rings. The Morgan fingerprint density at radius 3 is 2.45 bits per heavy atom. The highest BCUT2D eigenvalue weighted by Gasteiger charge is 2.20. The van der Waals surface area contributed by atoms with E-state index in [1.165, 1.54) is 19.4 Å². The highest BCUT2D eigenvalue weighted by atomic mass is 35.5. The number of carbonyl (C=O) groups is 1. The van der Waals surface area contributed by atoms with Crippen LogP contribution in [-0.4, -0.2) is 18.1 Å². The molecule has 0 aliphatic carbocycles. The first kappa shape index (κ1) is 15.4. The van der Waals surface area contributed by atoms with Crippen molar-refractivity contribution in [1.82, 2.24) is 4.98 Å². The van der Waals surface area contributed by atoms with Gasteiger partial charge in [0, 0.05) is 17.3 Å². The molecule has 0 bridgehead atoms. The molecule has 2 rings (SSSR count). The van der Waals surface area contributed by atoms with E-state index in [-0.39, 0.29) is 15.7 Å². The fraction of sp³-hybridized carbons (Fsp3) is 0.0769. The molecule has 1 aromatic heterocycles. The predicted octanol–water partition coefficient (Wildman–Crippen LogP) is 5.15. The molecule has 0 fully saturated rings. The van der Waals surface area contributed by atoms with Gasteiger partial charge in [0.2, 0.25) is 0 Å². The summed E-state index contributed by atoms with van der Waals surface area (Å²) >= 11 is 24.1. The first-order chi connectivity index (χ1) is 9.45. The topological polar surface area (TPSA) is 39.2 Å². The number of pyridine rings is 1. The summed E-state index contributed by atoms with van der Waals surface area (Å²) in [5, 5.41) is 1.04. The van der Waals surface area contributed by atoms with Crippen molar-refractivity contribution in [3.63, 3.8) is 0 Å². The molecule has 0 saturated heterocycles. The van der Waals surface area contributed by atoms with Gasteiger partial charge in [-0.2, -0.15) is 0 Å². The lowest BCUT2D eigenvalue weighted by Gasteiger charge is -2.12. The number of esters is 1. The summed E-state index contributed by atoms with van der Waals surface area (Å²) in [6.07, 6.45) is 1.40. The van der Waals surface area contributed by atoms with Gasteiger partial charge in [-0.25, -0.2) is 9.78 Å². The molecule has 0 unspecified atom stereocenters. The minimum Gasteiger partial charge on any atom is -0.465 e. The Labute approximate surface area is 135 Å². The zero-order chi connectivity index (χ0) is 14.9. The number of ether oxygens (including phenoxy) is 1. The van der Waals surface area contributed by atoms with E-state index in [2.05, 4.69) is 4.98 Å². The highest BCUT2D eigenvalue weighted by Crippen LogP contribution is 2.40. The fourth-order valence-corrected chi connectivity index (χ4v) is 2.57. The van der Waals surface area contributed by atoms with Crippen LogP contribution in [0.25, 0.3) is 11.1 Å². The molecule has 20 heavy (non-hydrogen) atoms. The lowest BCUT2D eigenvalue weighted by Crippen LogP contribution is -2.05. The Kier molecular flexibility index (Phi) is 4.76. The smallest absolute Gasteiger partial charge is 0.338 e. The van der Waals surface area contributed by atoms with Crippen molar-refractivity contribution in [2.24, 2.45) is 0 Å². The van der Waals surface area contributed by atoms with Gasteiger partial charge in [-0.15, -0.1) is 0 Å². The third-order valence-corrected chi connectivity index (χ3v) is 3.92. The maximum absolute atomic E-state index is 11.8. The Balaban J connectivity index is 2.77. The number of nitrogens with zero attached hydrogens (tertiary/aromatic N) is 1. The predicted molar refractivity (Wildman–Crippen MR) is 81.1 cm³/mol. The van der Waals surface area contributed by atoms with Crippen LogP contribution in [0.15, 0.2) is 24.4 Å². The number of rotatable bonds is 2. The van der Waals surface area contributed by atoms with Gasteiger partial charge < -0.3 is 4.74 Å². The van der Waals surface area contributed by atoms with Gasteiger partial charge in [-0.1, -0.05) is 46.4 Å². The highest BCUT2D eigenvalue weighted by molar-refractivity contribution is 6.46. The van der Waals surface area contributed by atoms with E-state index in [1.54, 1.807) is 12.1 Å². The van der Waals surface area contributed by atoms with Gasteiger partial charge in [0.05, 0.1) is 27.7 Å². The van der Waals surface area contributed by atoms with E-state index in [9.17, 15) is 4.79 Å². The summed E-state index contributed by atoms with van der Waals surface area (Å²) in [6.45, 7) is 0. The number of halogens is 4. The van der Waals surface area contributed by atoms with Crippen LogP contribution in [0.2, 0.25) is 20.2 Å². The monoisotopic (exact) mass is 349 g/mol. The molecular formula is C13H7Cl4NO2. The Morgan fingerprint density at radius 2 is 1.80 bits per heavy atom. The SMILES string of the molecule is COC(=O)c1cc(Cl)ncc1-c1c(Cl)ccc(Cl)c1Cl. The molecule has 7 heteroatoms. The van der Waals surface area contributed by atoms with Gasteiger partial charge in [-0.05, 0) is 18.2 Å². The molecule has 0 amide bonds. The second-order valence-corrected chi connectivity index (χ2v) is 5.34. The van der Waals surface area contributed by atoms with Crippen LogP contribution in [0.5, 0.6) is 0 Å². The standard InChI is InChI=1S/C13H7Cl4NO2/c1-20-13(19)6-4-10(16)18-5-7(6)11-8(14)2-3-9(15)12(11)17/h2-5H,1H3. The van der Waals surface area contributed by atoms with Crippen molar-refractivity contribution in [2.75, 3.05) is 7.11 Å². The Hall–Kier alpha value is -1.000. The summed E-state index contributed by atoms with van der Waals surface area (Å²) in [7, 11) is 1.27. The van der Waals surface area contributed by atoms with Gasteiger partial charge in [0.15, 0.2) is 0 Å². The molecular weight excluding hydrogens is 344 g/mol. The third-order valence-electron chi connectivity index (χ3n) is 2.59. The molecule has 1 heterocycles. The van der Waals surface area contributed by atoms with Crippen molar-refractivity contribution in [2.45, 2.75) is 0 Å². The molecule has 0 radical (unpaired) electrons. The Morgan fingerprint density at radius 1 is 1.15 bits per heavy atom. The molecule has 1 aromatic carbocycles. The van der Waals surface area contributed by atoms with Crippen LogP contribution < -0.4 is 0 Å². The van der Waals surface area contributed by atoms with Crippen molar-refractivity contribution in [3.8, 4) is 11.1 Å². The maximum atomic E-state index is 11.8. The largest absolute Gasteiger partial charge is 0.465 e. The first-order valence-electron chi connectivity index (χ1n) is 5.33. The maximum Gasteiger partial charge on any atom is 0.338 e. The summed E-state index contributed by atoms with van der Waals surface area (Å²) in [5.74, 6) is -0.573. The quantitative estimate of drug-likeness (QED) is 0.427. The minimum absolute atomic E-state index is 0.156. The van der Waals surface area contributed by atoms with Crippen molar-refractivity contribution >= 4 is 52.4 Å². The zero-order valence-corrected chi connectivity index (χ0v) is 13.1. The minimum atomic E-state index is -0.573. The molecule has 0 aliphatic rings. The third kappa shape index (κ3) is 2.86. The first-order valence-corrected chi connectivity index (χ1v) is 6.84. The number of hydrogen-bond acceptors (Lipinski definition) is 3. The number of methoxy groups -OCH3 is 1. The lowest BCUT2D eigenvalue weighted by molar-refractivity contribution is 0.0601. The average molecular weight is 351 g/mol. The fourth-order valence-electron chi connectivity index (χ4n) is 1.68. The summed E-state index contributed by atoms with van der Waals surface area (Å²) in [5.41, 5.74) is 1.02. The normalized spacial score (nSPS) is 10.4. The Bertz CT molecular complexity index is 688. The van der Waals surface area contributed by atoms with Crippen LogP contribution in [0.1, 0.15) is 10.4 Å². The van der Waals surface area contributed by atoms with Gasteiger partial charge in [-0.3, -0.25) is 0 Å². The van der Waals surface area contributed by atoms with Crippen LogP contribution in [0.3, 0.4) is 0 Å². The second-order valence-electron chi connectivity index (χ2n) is 3.76. The van der Waals surface area contributed by atoms with E-state index >= 15 is 0 Å². The summed E-state index contributed by atoms with van der Waals surface area (Å²) < 4.78 is 4.72. The van der Waals surface area contributed by atoms with Crippen molar-refractivity contribution in [3.05, 3.63) is 50.2 Å². The van der Waals surface area contributed by atoms with E-state index in [0.717, 1.165) is 0 Å². The molecule has 0 spiro atoms. The molecule has 0 N–H and O–H groups in total. The molecule has 3 nitrogen and oxygen atoms in total. The van der Waals surface area contributed by atoms with Crippen molar-refractivity contribution in [1.29, 1.82) is 0 Å². The van der Waals surface area contributed by atoms with E-state index in [4.69, 9.17) is 51.1 Å². The van der Waals surface area contributed by atoms with Crippen LogP contribution in [0, 0.1) is 0 Å². The number of benzene rings is 1.